The van der Waals surface area contributed by atoms with E-state index in [9.17, 15) is 4.79 Å². The van der Waals surface area contributed by atoms with Crippen LogP contribution in [0.3, 0.4) is 0 Å². The predicted octanol–water partition coefficient (Wildman–Crippen LogP) is 1.98. The van der Waals surface area contributed by atoms with Crippen molar-refractivity contribution in [2.75, 3.05) is 27.2 Å². The summed E-state index contributed by atoms with van der Waals surface area (Å²) in [6.45, 7) is 5.33. The maximum atomic E-state index is 11.4. The SMILES string of the molecule is C=CCCCCCCCC(=O)OCCC[NH+](C)C. The number of esters is 1. The summed E-state index contributed by atoms with van der Waals surface area (Å²) in [7, 11) is 4.21. The Morgan fingerprint density at radius 2 is 1.78 bits per heavy atom. The normalized spacial score (nSPS) is 10.6. The molecule has 0 saturated heterocycles. The highest BCUT2D eigenvalue weighted by Gasteiger charge is 2.03. The van der Waals surface area contributed by atoms with Crippen LogP contribution in [-0.4, -0.2) is 33.2 Å². The van der Waals surface area contributed by atoms with Crippen LogP contribution in [0.2, 0.25) is 0 Å². The van der Waals surface area contributed by atoms with Gasteiger partial charge in [0, 0.05) is 12.8 Å². The first-order chi connectivity index (χ1) is 8.66. The van der Waals surface area contributed by atoms with Crippen molar-refractivity contribution in [3.63, 3.8) is 0 Å². The lowest BCUT2D eigenvalue weighted by molar-refractivity contribution is -0.858. The van der Waals surface area contributed by atoms with Crippen molar-refractivity contribution < 1.29 is 14.4 Å². The number of hydrogen-bond donors (Lipinski definition) is 1. The monoisotopic (exact) mass is 256 g/mol. The van der Waals surface area contributed by atoms with Crippen molar-refractivity contribution in [3.8, 4) is 0 Å². The Morgan fingerprint density at radius 1 is 1.11 bits per heavy atom. The Morgan fingerprint density at radius 3 is 2.44 bits per heavy atom. The lowest BCUT2D eigenvalue weighted by Crippen LogP contribution is -3.05. The van der Waals surface area contributed by atoms with Crippen molar-refractivity contribution >= 4 is 5.97 Å². The smallest absolute Gasteiger partial charge is 0.305 e. The van der Waals surface area contributed by atoms with Crippen LogP contribution in [-0.2, 0) is 9.53 Å². The minimum absolute atomic E-state index is 0.0325. The third-order valence-electron chi connectivity index (χ3n) is 2.87. The molecule has 0 heterocycles. The minimum Gasteiger partial charge on any atom is -0.465 e. The van der Waals surface area contributed by atoms with E-state index in [2.05, 4.69) is 20.7 Å². The number of rotatable bonds is 12. The van der Waals surface area contributed by atoms with Gasteiger partial charge < -0.3 is 9.64 Å². The molecule has 0 aliphatic rings. The lowest BCUT2D eigenvalue weighted by atomic mass is 10.1. The average molecular weight is 256 g/mol. The van der Waals surface area contributed by atoms with Crippen molar-refractivity contribution in [2.24, 2.45) is 0 Å². The molecule has 0 fully saturated rings. The molecule has 106 valence electrons. The highest BCUT2D eigenvalue weighted by Crippen LogP contribution is 2.07. The van der Waals surface area contributed by atoms with Gasteiger partial charge >= 0.3 is 5.97 Å². The third-order valence-corrected chi connectivity index (χ3v) is 2.87. The molecule has 0 unspecified atom stereocenters. The van der Waals surface area contributed by atoms with Crippen LogP contribution < -0.4 is 4.90 Å². The number of carbonyl (C=O) groups is 1. The number of unbranched alkanes of at least 4 members (excludes halogenated alkanes) is 5. The zero-order valence-electron chi connectivity index (χ0n) is 12.2. The standard InChI is InChI=1S/C15H29NO2/c1-4-5-6-7-8-9-10-12-15(17)18-14-11-13-16(2)3/h4H,1,5-14H2,2-3H3/p+1. The van der Waals surface area contributed by atoms with Crippen LogP contribution >= 0.6 is 0 Å². The van der Waals surface area contributed by atoms with Crippen molar-refractivity contribution in [1.82, 2.24) is 0 Å². The zero-order chi connectivity index (χ0) is 13.6. The zero-order valence-corrected chi connectivity index (χ0v) is 12.2. The molecule has 18 heavy (non-hydrogen) atoms. The molecule has 3 heteroatoms. The Bertz CT molecular complexity index is 215. The van der Waals surface area contributed by atoms with E-state index in [4.69, 9.17) is 4.74 Å². The van der Waals surface area contributed by atoms with Gasteiger partial charge in [0.15, 0.2) is 0 Å². The molecule has 0 spiro atoms. The number of hydrogen-bond acceptors (Lipinski definition) is 2. The summed E-state index contributed by atoms with van der Waals surface area (Å²) in [5.41, 5.74) is 0. The number of nitrogens with one attached hydrogen (secondary N) is 1. The average Bonchev–Trinajstić information content (AvgIpc) is 2.33. The molecule has 0 aliphatic carbocycles. The number of quaternary nitrogens is 1. The van der Waals surface area contributed by atoms with Crippen molar-refractivity contribution in [1.29, 1.82) is 0 Å². The fourth-order valence-electron chi connectivity index (χ4n) is 1.77. The predicted molar refractivity (Wildman–Crippen MR) is 75.8 cm³/mol. The van der Waals surface area contributed by atoms with Crippen molar-refractivity contribution in [2.45, 2.75) is 51.4 Å². The van der Waals surface area contributed by atoms with Crippen LogP contribution in [0, 0.1) is 0 Å². The molecule has 0 rings (SSSR count). The fourth-order valence-corrected chi connectivity index (χ4v) is 1.77. The van der Waals surface area contributed by atoms with Gasteiger partial charge in [0.05, 0.1) is 27.2 Å². The molecule has 3 nitrogen and oxygen atoms in total. The summed E-state index contributed by atoms with van der Waals surface area (Å²) in [6.07, 6.45) is 10.4. The summed E-state index contributed by atoms with van der Waals surface area (Å²) >= 11 is 0. The highest BCUT2D eigenvalue weighted by molar-refractivity contribution is 5.69. The number of allylic oxidation sites excluding steroid dienone is 1. The van der Waals surface area contributed by atoms with E-state index in [1.807, 2.05) is 6.08 Å². The maximum absolute atomic E-state index is 11.4. The second kappa shape index (κ2) is 12.6. The summed E-state index contributed by atoms with van der Waals surface area (Å²) < 4.78 is 5.17. The fraction of sp³-hybridized carbons (Fsp3) is 0.800. The molecule has 0 aliphatic heterocycles. The second-order valence-corrected chi connectivity index (χ2v) is 5.13. The molecule has 0 amide bonds. The third kappa shape index (κ3) is 13.2. The minimum atomic E-state index is -0.0325. The molecule has 0 saturated carbocycles. The summed E-state index contributed by atoms with van der Waals surface area (Å²) in [5, 5.41) is 0. The maximum Gasteiger partial charge on any atom is 0.305 e. The summed E-state index contributed by atoms with van der Waals surface area (Å²) in [5.74, 6) is -0.0325. The molecule has 0 aromatic rings. The first-order valence-electron chi connectivity index (χ1n) is 7.22. The topological polar surface area (TPSA) is 30.7 Å². The molecule has 0 atom stereocenters. The molecular formula is C15H30NO2+. The Hall–Kier alpha value is -0.830. The molecule has 0 bridgehead atoms. The van der Waals surface area contributed by atoms with E-state index in [1.165, 1.54) is 24.2 Å². The van der Waals surface area contributed by atoms with E-state index >= 15 is 0 Å². The van der Waals surface area contributed by atoms with Gasteiger partial charge in [-0.1, -0.05) is 25.3 Å². The second-order valence-electron chi connectivity index (χ2n) is 5.13. The van der Waals surface area contributed by atoms with Gasteiger partial charge in [0.2, 0.25) is 0 Å². The molecule has 0 radical (unpaired) electrons. The quantitative estimate of drug-likeness (QED) is 0.329. The van der Waals surface area contributed by atoms with E-state index in [1.54, 1.807) is 0 Å². The van der Waals surface area contributed by atoms with Gasteiger partial charge in [-0.2, -0.15) is 0 Å². The van der Waals surface area contributed by atoms with Gasteiger partial charge in [0.25, 0.3) is 0 Å². The van der Waals surface area contributed by atoms with E-state index < -0.39 is 0 Å². The van der Waals surface area contributed by atoms with Crippen LogP contribution in [0.25, 0.3) is 0 Å². The van der Waals surface area contributed by atoms with Gasteiger partial charge in [-0.05, 0) is 19.3 Å². The van der Waals surface area contributed by atoms with E-state index in [-0.39, 0.29) is 5.97 Å². The van der Waals surface area contributed by atoms with Crippen molar-refractivity contribution in [3.05, 3.63) is 12.7 Å². The van der Waals surface area contributed by atoms with Crippen LogP contribution in [0.4, 0.5) is 0 Å². The number of ether oxygens (including phenoxy) is 1. The van der Waals surface area contributed by atoms with E-state index in [0.29, 0.717) is 13.0 Å². The van der Waals surface area contributed by atoms with Crippen LogP contribution in [0.5, 0.6) is 0 Å². The molecule has 0 aromatic heterocycles. The Balaban J connectivity index is 3.19. The van der Waals surface area contributed by atoms with Crippen LogP contribution in [0.15, 0.2) is 12.7 Å². The first kappa shape index (κ1) is 17.2. The highest BCUT2D eigenvalue weighted by atomic mass is 16.5. The number of carbonyl (C=O) groups excluding carboxylic acids is 1. The summed E-state index contributed by atoms with van der Waals surface area (Å²) in [4.78, 5) is 12.8. The molecular weight excluding hydrogens is 226 g/mol. The Labute approximate surface area is 112 Å². The van der Waals surface area contributed by atoms with Gasteiger partial charge in [-0.3, -0.25) is 4.79 Å². The summed E-state index contributed by atoms with van der Waals surface area (Å²) in [6, 6.07) is 0. The lowest BCUT2D eigenvalue weighted by Gasteiger charge is -2.07. The largest absolute Gasteiger partial charge is 0.465 e. The molecule has 0 aromatic carbocycles. The van der Waals surface area contributed by atoms with E-state index in [0.717, 1.165) is 32.2 Å². The van der Waals surface area contributed by atoms with Gasteiger partial charge in [-0.25, -0.2) is 0 Å². The Kier molecular flexibility index (Phi) is 12.0. The first-order valence-corrected chi connectivity index (χ1v) is 7.22. The molecule has 1 N–H and O–H groups in total. The van der Waals surface area contributed by atoms with Gasteiger partial charge in [0.1, 0.15) is 0 Å². The van der Waals surface area contributed by atoms with Crippen LogP contribution in [0.1, 0.15) is 51.4 Å². The van der Waals surface area contributed by atoms with Gasteiger partial charge in [-0.15, -0.1) is 6.58 Å².